The Morgan fingerprint density at radius 1 is 1.36 bits per heavy atom. The Hall–Kier alpha value is -2.21. The number of carbonyl (C=O) groups is 1. The molecule has 2 atom stereocenters. The third-order valence-corrected chi connectivity index (χ3v) is 4.58. The van der Waals surface area contributed by atoms with Gasteiger partial charge in [-0.05, 0) is 38.3 Å². The molecule has 0 radical (unpaired) electrons. The highest BCUT2D eigenvalue weighted by Crippen LogP contribution is 2.15. The van der Waals surface area contributed by atoms with E-state index in [9.17, 15) is 9.59 Å². The molecule has 1 aliphatic rings. The lowest BCUT2D eigenvalue weighted by Crippen LogP contribution is -2.47. The highest BCUT2D eigenvalue weighted by atomic mass is 16.2. The number of benzene rings is 1. The van der Waals surface area contributed by atoms with Crippen LogP contribution in [0.2, 0.25) is 0 Å². The van der Waals surface area contributed by atoms with Crippen LogP contribution in [0.25, 0.3) is 10.8 Å². The van der Waals surface area contributed by atoms with Crippen LogP contribution >= 0.6 is 0 Å². The topological polar surface area (TPSA) is 76.0 Å². The first kappa shape index (κ1) is 17.6. The normalized spacial score (nSPS) is 20.8. The fourth-order valence-electron chi connectivity index (χ4n) is 3.39. The number of rotatable bonds is 4. The molecule has 1 saturated heterocycles. The van der Waals surface area contributed by atoms with Crippen molar-refractivity contribution in [1.29, 1.82) is 0 Å². The molecule has 6 heteroatoms. The van der Waals surface area contributed by atoms with E-state index in [1.807, 2.05) is 26.0 Å². The van der Waals surface area contributed by atoms with Gasteiger partial charge < -0.3 is 10.6 Å². The van der Waals surface area contributed by atoms with E-state index >= 15 is 0 Å². The molecule has 25 heavy (non-hydrogen) atoms. The first-order chi connectivity index (χ1) is 12.0. The summed E-state index contributed by atoms with van der Waals surface area (Å²) in [7, 11) is 0. The number of nitrogens with one attached hydrogen (secondary N) is 2. The summed E-state index contributed by atoms with van der Waals surface area (Å²) in [5.74, 6) is 0.0698. The van der Waals surface area contributed by atoms with Gasteiger partial charge in [0.25, 0.3) is 11.5 Å². The van der Waals surface area contributed by atoms with E-state index in [1.165, 1.54) is 4.68 Å². The molecule has 0 bridgehead atoms. The predicted molar refractivity (Wildman–Crippen MR) is 98.8 cm³/mol. The average Bonchev–Trinajstić information content (AvgIpc) is 2.57. The molecule has 2 N–H and O–H groups in total. The predicted octanol–water partition coefficient (Wildman–Crippen LogP) is 1.92. The minimum absolute atomic E-state index is 0.134. The minimum atomic E-state index is -0.201. The zero-order chi connectivity index (χ0) is 18.0. The molecule has 3 rings (SSSR count). The number of nitrogens with zero attached hydrogens (tertiary/aromatic N) is 2. The number of fused-ring (bicyclic) bond motifs is 1. The second kappa shape index (κ2) is 7.35. The first-order valence-corrected chi connectivity index (χ1v) is 8.99. The third-order valence-electron chi connectivity index (χ3n) is 4.58. The third kappa shape index (κ3) is 3.90. The number of piperidine rings is 1. The molecule has 1 aromatic carbocycles. The smallest absolute Gasteiger partial charge is 0.274 e. The lowest BCUT2D eigenvalue weighted by Gasteiger charge is -2.28. The summed E-state index contributed by atoms with van der Waals surface area (Å²) in [6, 6.07) is 7.73. The molecular formula is C19H26N4O2. The molecule has 0 spiro atoms. The molecular weight excluding hydrogens is 316 g/mol. The fraction of sp³-hybridized carbons (Fsp3) is 0.526. The Kier molecular flexibility index (Phi) is 5.18. The number of amides is 1. The monoisotopic (exact) mass is 342 g/mol. The zero-order valence-corrected chi connectivity index (χ0v) is 15.1. The number of aromatic nitrogens is 2. The van der Waals surface area contributed by atoms with Crippen molar-refractivity contribution in [3.63, 3.8) is 0 Å². The highest BCUT2D eigenvalue weighted by Gasteiger charge is 2.23. The lowest BCUT2D eigenvalue weighted by molar-refractivity contribution is 0.0919. The first-order valence-electron chi connectivity index (χ1n) is 8.99. The molecule has 0 aliphatic carbocycles. The van der Waals surface area contributed by atoms with Gasteiger partial charge in [-0.15, -0.1) is 0 Å². The number of carbonyl (C=O) groups excluding carboxylic acids is 1. The largest absolute Gasteiger partial charge is 0.348 e. The summed E-state index contributed by atoms with van der Waals surface area (Å²) in [4.78, 5) is 25.5. The van der Waals surface area contributed by atoms with Gasteiger partial charge in [-0.3, -0.25) is 9.59 Å². The van der Waals surface area contributed by atoms with Crippen LogP contribution < -0.4 is 16.2 Å². The van der Waals surface area contributed by atoms with E-state index in [0.717, 1.165) is 19.4 Å². The van der Waals surface area contributed by atoms with Gasteiger partial charge in [0.05, 0.1) is 5.39 Å². The van der Waals surface area contributed by atoms with Gasteiger partial charge in [0.2, 0.25) is 0 Å². The van der Waals surface area contributed by atoms with Crippen LogP contribution in [0.5, 0.6) is 0 Å². The maximum atomic E-state index is 12.9. The van der Waals surface area contributed by atoms with Crippen molar-refractivity contribution in [2.75, 3.05) is 6.54 Å². The maximum absolute atomic E-state index is 12.9. The molecule has 1 fully saturated rings. The lowest BCUT2D eigenvalue weighted by atomic mass is 10.0. The molecule has 1 amide bonds. The van der Waals surface area contributed by atoms with E-state index in [-0.39, 0.29) is 23.4 Å². The van der Waals surface area contributed by atoms with Crippen LogP contribution in [0.4, 0.5) is 0 Å². The molecule has 0 saturated carbocycles. The van der Waals surface area contributed by atoms with Gasteiger partial charge in [-0.2, -0.15) is 5.10 Å². The zero-order valence-electron chi connectivity index (χ0n) is 15.1. The molecule has 1 aromatic heterocycles. The Morgan fingerprint density at radius 3 is 2.76 bits per heavy atom. The second-order valence-corrected chi connectivity index (χ2v) is 7.33. The van der Waals surface area contributed by atoms with Crippen molar-refractivity contribution in [2.45, 2.75) is 52.2 Å². The number of hydrogen-bond acceptors (Lipinski definition) is 4. The van der Waals surface area contributed by atoms with Crippen molar-refractivity contribution < 1.29 is 4.79 Å². The van der Waals surface area contributed by atoms with Crippen LogP contribution in [0.15, 0.2) is 29.1 Å². The second-order valence-electron chi connectivity index (χ2n) is 7.33. The number of hydrogen-bond donors (Lipinski definition) is 2. The molecule has 6 nitrogen and oxygen atoms in total. The van der Waals surface area contributed by atoms with E-state index in [0.29, 0.717) is 29.1 Å². The van der Waals surface area contributed by atoms with E-state index in [1.54, 1.807) is 12.1 Å². The Labute approximate surface area is 147 Å². The van der Waals surface area contributed by atoms with Gasteiger partial charge in [-0.1, -0.05) is 32.0 Å². The van der Waals surface area contributed by atoms with Gasteiger partial charge in [0, 0.05) is 24.0 Å². The molecule has 1 aliphatic heterocycles. The van der Waals surface area contributed by atoms with Crippen molar-refractivity contribution in [2.24, 2.45) is 5.92 Å². The highest BCUT2D eigenvalue weighted by molar-refractivity contribution is 6.04. The van der Waals surface area contributed by atoms with Gasteiger partial charge in [0.1, 0.15) is 0 Å². The van der Waals surface area contributed by atoms with Crippen LogP contribution in [-0.4, -0.2) is 34.3 Å². The van der Waals surface area contributed by atoms with E-state index in [4.69, 9.17) is 0 Å². The van der Waals surface area contributed by atoms with Crippen molar-refractivity contribution in [3.05, 3.63) is 40.3 Å². The SMILES string of the molecule is CC(C)Cn1nc(C(=O)NC2CCNC(C)C2)c2ccccc2c1=O. The molecule has 134 valence electrons. The fourth-order valence-corrected chi connectivity index (χ4v) is 3.39. The molecule has 2 unspecified atom stereocenters. The maximum Gasteiger partial charge on any atom is 0.274 e. The van der Waals surface area contributed by atoms with E-state index < -0.39 is 0 Å². The van der Waals surface area contributed by atoms with Crippen LogP contribution in [0.1, 0.15) is 44.1 Å². The Balaban J connectivity index is 1.97. The van der Waals surface area contributed by atoms with E-state index in [2.05, 4.69) is 22.7 Å². The van der Waals surface area contributed by atoms with Gasteiger partial charge >= 0.3 is 0 Å². The van der Waals surface area contributed by atoms with Crippen molar-refractivity contribution >= 4 is 16.7 Å². The van der Waals surface area contributed by atoms with Crippen molar-refractivity contribution in [3.8, 4) is 0 Å². The summed E-state index contributed by atoms with van der Waals surface area (Å²) in [6.45, 7) is 7.56. The summed E-state index contributed by atoms with van der Waals surface area (Å²) in [6.07, 6.45) is 1.80. The minimum Gasteiger partial charge on any atom is -0.348 e. The Bertz CT molecular complexity index is 828. The average molecular weight is 342 g/mol. The van der Waals surface area contributed by atoms with Crippen LogP contribution in [0, 0.1) is 5.92 Å². The van der Waals surface area contributed by atoms with Crippen LogP contribution in [-0.2, 0) is 6.54 Å². The van der Waals surface area contributed by atoms with Gasteiger partial charge in [-0.25, -0.2) is 4.68 Å². The van der Waals surface area contributed by atoms with Crippen LogP contribution in [0.3, 0.4) is 0 Å². The summed E-state index contributed by atoms with van der Waals surface area (Å²) in [5, 5.41) is 12.0. The van der Waals surface area contributed by atoms with Gasteiger partial charge in [0.15, 0.2) is 5.69 Å². The summed E-state index contributed by atoms with van der Waals surface area (Å²) < 4.78 is 1.42. The Morgan fingerprint density at radius 2 is 2.08 bits per heavy atom. The quantitative estimate of drug-likeness (QED) is 0.890. The molecule has 2 aromatic rings. The summed E-state index contributed by atoms with van der Waals surface area (Å²) >= 11 is 0. The summed E-state index contributed by atoms with van der Waals surface area (Å²) in [5.41, 5.74) is 0.193. The standard InChI is InChI=1S/C19H26N4O2/c1-12(2)11-23-19(25)16-7-5-4-6-15(16)17(22-23)18(24)21-14-8-9-20-13(3)10-14/h4-7,12-14,20H,8-11H2,1-3H3,(H,21,24). The molecule has 2 heterocycles. The van der Waals surface area contributed by atoms with Crippen molar-refractivity contribution in [1.82, 2.24) is 20.4 Å².